The molecular formula is C25H27NO3. The van der Waals surface area contributed by atoms with Crippen LogP contribution in [0.5, 0.6) is 17.2 Å². The molecule has 3 aromatic rings. The van der Waals surface area contributed by atoms with Crippen LogP contribution in [0.2, 0.25) is 0 Å². The number of hydrogen-bond acceptors (Lipinski definition) is 3. The van der Waals surface area contributed by atoms with Crippen molar-refractivity contribution < 1.29 is 14.3 Å². The van der Waals surface area contributed by atoms with Crippen molar-refractivity contribution in [2.24, 2.45) is 0 Å². The van der Waals surface area contributed by atoms with Gasteiger partial charge in [-0.3, -0.25) is 4.79 Å². The highest BCUT2D eigenvalue weighted by Gasteiger charge is 2.12. The number of para-hydroxylation sites is 2. The van der Waals surface area contributed by atoms with Crippen molar-refractivity contribution >= 4 is 11.6 Å². The molecule has 0 atom stereocenters. The van der Waals surface area contributed by atoms with Crippen LogP contribution >= 0.6 is 0 Å². The van der Waals surface area contributed by atoms with Crippen molar-refractivity contribution in [1.29, 1.82) is 0 Å². The summed E-state index contributed by atoms with van der Waals surface area (Å²) in [5.41, 5.74) is 3.95. The Kier molecular flexibility index (Phi) is 6.55. The lowest BCUT2D eigenvalue weighted by Gasteiger charge is -2.16. The molecule has 0 aliphatic carbocycles. The second-order valence-electron chi connectivity index (χ2n) is 7.44. The molecule has 0 saturated carbocycles. The molecule has 3 rings (SSSR count). The molecule has 0 bridgehead atoms. The number of nitrogens with one attached hydrogen (secondary N) is 1. The predicted octanol–water partition coefficient (Wildman–Crippen LogP) is 6.24. The highest BCUT2D eigenvalue weighted by molar-refractivity contribution is 5.93. The Hall–Kier alpha value is -3.27. The first kappa shape index (κ1) is 20.5. The molecule has 0 spiro atoms. The van der Waals surface area contributed by atoms with Crippen molar-refractivity contribution in [1.82, 2.24) is 0 Å². The average Bonchev–Trinajstić information content (AvgIpc) is 2.69. The van der Waals surface area contributed by atoms with E-state index in [4.69, 9.17) is 9.47 Å². The molecule has 4 nitrogen and oxygen atoms in total. The summed E-state index contributed by atoms with van der Waals surface area (Å²) in [6.45, 7) is 8.18. The molecule has 0 heterocycles. The largest absolute Gasteiger partial charge is 0.483 e. The zero-order chi connectivity index (χ0) is 20.8. The lowest BCUT2D eigenvalue weighted by molar-refractivity contribution is -0.118. The van der Waals surface area contributed by atoms with Gasteiger partial charge in [0.15, 0.2) is 12.4 Å². The van der Waals surface area contributed by atoms with Crippen LogP contribution in [-0.4, -0.2) is 12.5 Å². The van der Waals surface area contributed by atoms with E-state index in [0.29, 0.717) is 17.4 Å². The molecule has 150 valence electrons. The van der Waals surface area contributed by atoms with Crippen LogP contribution in [0.25, 0.3) is 0 Å². The molecule has 1 N–H and O–H groups in total. The zero-order valence-electron chi connectivity index (χ0n) is 17.4. The Morgan fingerprint density at radius 1 is 0.897 bits per heavy atom. The monoisotopic (exact) mass is 389 g/mol. The van der Waals surface area contributed by atoms with E-state index >= 15 is 0 Å². The first-order valence-corrected chi connectivity index (χ1v) is 9.79. The fourth-order valence-corrected chi connectivity index (χ4v) is 2.97. The second kappa shape index (κ2) is 9.28. The number of carbonyl (C=O) groups is 1. The van der Waals surface area contributed by atoms with Gasteiger partial charge in [-0.15, -0.1) is 0 Å². The van der Waals surface area contributed by atoms with Crippen molar-refractivity contribution in [3.05, 3.63) is 83.4 Å². The van der Waals surface area contributed by atoms with E-state index in [1.54, 1.807) is 0 Å². The summed E-state index contributed by atoms with van der Waals surface area (Å²) >= 11 is 0. The number of amides is 1. The van der Waals surface area contributed by atoms with Gasteiger partial charge in [-0.05, 0) is 61.2 Å². The van der Waals surface area contributed by atoms with Gasteiger partial charge in [0, 0.05) is 0 Å². The third-order valence-corrected chi connectivity index (χ3v) is 4.56. The zero-order valence-corrected chi connectivity index (χ0v) is 17.4. The first-order valence-electron chi connectivity index (χ1n) is 9.79. The van der Waals surface area contributed by atoms with Crippen LogP contribution in [-0.2, 0) is 4.79 Å². The van der Waals surface area contributed by atoms with Crippen LogP contribution in [0.3, 0.4) is 0 Å². The van der Waals surface area contributed by atoms with Gasteiger partial charge in [0.2, 0.25) is 0 Å². The number of anilines is 1. The summed E-state index contributed by atoms with van der Waals surface area (Å²) in [5, 5.41) is 2.89. The van der Waals surface area contributed by atoms with E-state index in [-0.39, 0.29) is 12.5 Å². The standard InChI is InChI=1S/C25H27NO3/c1-17(2)21-14-11-19(4)15-24(21)28-16-25(27)26-22-7-5-6-8-23(22)29-20-12-9-18(3)10-13-20/h5-15,17H,16H2,1-4H3,(H,26,27). The molecule has 0 aromatic heterocycles. The lowest BCUT2D eigenvalue weighted by atomic mass is 10.0. The van der Waals surface area contributed by atoms with E-state index in [9.17, 15) is 4.79 Å². The smallest absolute Gasteiger partial charge is 0.262 e. The van der Waals surface area contributed by atoms with E-state index in [2.05, 4.69) is 31.3 Å². The summed E-state index contributed by atoms with van der Waals surface area (Å²) in [4.78, 5) is 12.5. The molecule has 29 heavy (non-hydrogen) atoms. The van der Waals surface area contributed by atoms with Gasteiger partial charge in [0.1, 0.15) is 11.5 Å². The molecule has 0 unspecified atom stereocenters. The van der Waals surface area contributed by atoms with E-state index in [1.165, 1.54) is 0 Å². The Morgan fingerprint density at radius 2 is 1.59 bits per heavy atom. The molecule has 0 fully saturated rings. The van der Waals surface area contributed by atoms with Crippen molar-refractivity contribution in [3.8, 4) is 17.2 Å². The number of rotatable bonds is 7. The van der Waals surface area contributed by atoms with E-state index < -0.39 is 0 Å². The summed E-state index contributed by atoms with van der Waals surface area (Å²) in [7, 11) is 0. The minimum absolute atomic E-state index is 0.0674. The summed E-state index contributed by atoms with van der Waals surface area (Å²) < 4.78 is 11.8. The maximum atomic E-state index is 12.5. The number of aryl methyl sites for hydroxylation is 2. The van der Waals surface area contributed by atoms with Crippen molar-refractivity contribution in [2.75, 3.05) is 11.9 Å². The fraction of sp³-hybridized carbons (Fsp3) is 0.240. The second-order valence-corrected chi connectivity index (χ2v) is 7.44. The summed E-state index contributed by atoms with van der Waals surface area (Å²) in [6.07, 6.45) is 0. The topological polar surface area (TPSA) is 47.6 Å². The van der Waals surface area contributed by atoms with Crippen LogP contribution in [0.15, 0.2) is 66.7 Å². The van der Waals surface area contributed by atoms with E-state index in [1.807, 2.05) is 68.4 Å². The third kappa shape index (κ3) is 5.61. The minimum Gasteiger partial charge on any atom is -0.483 e. The number of ether oxygens (including phenoxy) is 2. The van der Waals surface area contributed by atoms with Crippen LogP contribution < -0.4 is 14.8 Å². The van der Waals surface area contributed by atoms with Gasteiger partial charge in [0.05, 0.1) is 5.69 Å². The summed E-state index contributed by atoms with van der Waals surface area (Å²) in [6, 6.07) is 21.2. The molecule has 0 aliphatic rings. The summed E-state index contributed by atoms with van der Waals surface area (Å²) in [5.74, 6) is 2.14. The quantitative estimate of drug-likeness (QED) is 0.520. The van der Waals surface area contributed by atoms with Crippen LogP contribution in [0, 0.1) is 13.8 Å². The lowest BCUT2D eigenvalue weighted by Crippen LogP contribution is -2.21. The Morgan fingerprint density at radius 3 is 2.31 bits per heavy atom. The van der Waals surface area contributed by atoms with Gasteiger partial charge >= 0.3 is 0 Å². The highest BCUT2D eigenvalue weighted by atomic mass is 16.5. The van der Waals surface area contributed by atoms with Crippen molar-refractivity contribution in [2.45, 2.75) is 33.6 Å². The van der Waals surface area contributed by atoms with Crippen LogP contribution in [0.1, 0.15) is 36.5 Å². The molecule has 1 amide bonds. The van der Waals surface area contributed by atoms with Gasteiger partial charge < -0.3 is 14.8 Å². The predicted molar refractivity (Wildman–Crippen MR) is 117 cm³/mol. The van der Waals surface area contributed by atoms with Gasteiger partial charge in [-0.1, -0.05) is 55.8 Å². The van der Waals surface area contributed by atoms with E-state index in [0.717, 1.165) is 28.2 Å². The first-order chi connectivity index (χ1) is 13.9. The third-order valence-electron chi connectivity index (χ3n) is 4.56. The highest BCUT2D eigenvalue weighted by Crippen LogP contribution is 2.30. The molecule has 3 aromatic carbocycles. The van der Waals surface area contributed by atoms with Crippen molar-refractivity contribution in [3.63, 3.8) is 0 Å². The molecule has 4 heteroatoms. The van der Waals surface area contributed by atoms with Gasteiger partial charge in [0.25, 0.3) is 5.91 Å². The normalized spacial score (nSPS) is 10.7. The maximum absolute atomic E-state index is 12.5. The molecule has 0 saturated heterocycles. The SMILES string of the molecule is Cc1ccc(Oc2ccccc2NC(=O)COc2cc(C)ccc2C(C)C)cc1. The van der Waals surface area contributed by atoms with Gasteiger partial charge in [-0.25, -0.2) is 0 Å². The number of carbonyl (C=O) groups excluding carboxylic acids is 1. The minimum atomic E-state index is -0.235. The fourth-order valence-electron chi connectivity index (χ4n) is 2.97. The number of benzene rings is 3. The Labute approximate surface area is 172 Å². The molecular weight excluding hydrogens is 362 g/mol. The Bertz CT molecular complexity index is 978. The molecule has 0 aliphatic heterocycles. The maximum Gasteiger partial charge on any atom is 0.262 e. The van der Waals surface area contributed by atoms with Crippen LogP contribution in [0.4, 0.5) is 5.69 Å². The average molecular weight is 389 g/mol. The Balaban J connectivity index is 1.67. The van der Waals surface area contributed by atoms with Gasteiger partial charge in [-0.2, -0.15) is 0 Å². The number of hydrogen-bond donors (Lipinski definition) is 1. The molecule has 0 radical (unpaired) electrons.